The Bertz CT molecular complexity index is 312. The van der Waals surface area contributed by atoms with Gasteiger partial charge in [0.05, 0.1) is 4.92 Å². The molecule has 0 radical (unpaired) electrons. The molecule has 64 valence electrons. The molecule has 0 unspecified atom stereocenters. The highest BCUT2D eigenvalue weighted by Gasteiger charge is 2.14. The Kier molecular flexibility index (Phi) is 2.09. The number of pyridine rings is 1. The minimum atomic E-state index is -0.510. The predicted octanol–water partition coefficient (Wildman–Crippen LogP) is 0.614. The van der Waals surface area contributed by atoms with E-state index in [1.54, 1.807) is 7.05 Å². The monoisotopic (exact) mass is 168 g/mol. The molecule has 0 bridgehead atoms. The van der Waals surface area contributed by atoms with E-state index < -0.39 is 4.92 Å². The number of hydrogen-bond acceptors (Lipinski definition) is 5. The minimum Gasteiger partial charge on any atom is -0.382 e. The molecule has 0 aliphatic heterocycles. The van der Waals surface area contributed by atoms with E-state index in [2.05, 4.69) is 10.3 Å². The Morgan fingerprint density at radius 3 is 2.83 bits per heavy atom. The summed E-state index contributed by atoms with van der Waals surface area (Å²) in [6.45, 7) is 0. The van der Waals surface area contributed by atoms with Crippen LogP contribution in [-0.4, -0.2) is 17.0 Å². The lowest BCUT2D eigenvalue weighted by Crippen LogP contribution is -2.02. The molecule has 1 aromatic heterocycles. The molecule has 1 heterocycles. The molecule has 0 atom stereocenters. The van der Waals surface area contributed by atoms with E-state index in [0.29, 0.717) is 0 Å². The molecule has 0 aliphatic carbocycles. The highest BCUT2D eigenvalue weighted by molar-refractivity contribution is 5.72. The van der Waals surface area contributed by atoms with Gasteiger partial charge in [-0.1, -0.05) is 0 Å². The van der Waals surface area contributed by atoms with Crippen molar-refractivity contribution >= 4 is 17.2 Å². The van der Waals surface area contributed by atoms with Crippen molar-refractivity contribution in [3.05, 3.63) is 22.4 Å². The molecule has 0 fully saturated rings. The van der Waals surface area contributed by atoms with Crippen LogP contribution in [0.4, 0.5) is 17.2 Å². The molecular weight excluding hydrogens is 160 g/mol. The van der Waals surface area contributed by atoms with Gasteiger partial charge < -0.3 is 11.1 Å². The summed E-state index contributed by atoms with van der Waals surface area (Å²) in [5, 5.41) is 13.0. The summed E-state index contributed by atoms with van der Waals surface area (Å²) in [5.74, 6) is 0.131. The van der Waals surface area contributed by atoms with Crippen molar-refractivity contribution in [2.24, 2.45) is 0 Å². The maximum atomic E-state index is 10.4. The number of hydrogen-bond donors (Lipinski definition) is 2. The molecule has 0 saturated heterocycles. The smallest absolute Gasteiger partial charge is 0.297 e. The molecule has 6 heteroatoms. The normalized spacial score (nSPS) is 9.42. The van der Waals surface area contributed by atoms with Crippen LogP contribution in [0.1, 0.15) is 0 Å². The lowest BCUT2D eigenvalue weighted by Gasteiger charge is -2.02. The zero-order valence-electron chi connectivity index (χ0n) is 6.44. The van der Waals surface area contributed by atoms with Gasteiger partial charge in [0, 0.05) is 19.3 Å². The van der Waals surface area contributed by atoms with Gasteiger partial charge in [0.15, 0.2) is 11.5 Å². The Hall–Kier alpha value is -1.85. The van der Waals surface area contributed by atoms with E-state index in [1.165, 1.54) is 12.3 Å². The number of nitrogens with two attached hydrogens (primary N) is 1. The molecule has 12 heavy (non-hydrogen) atoms. The fourth-order valence-electron chi connectivity index (χ4n) is 0.876. The quantitative estimate of drug-likeness (QED) is 0.498. The number of nitrogen functional groups attached to an aromatic ring is 1. The molecule has 0 saturated carbocycles. The van der Waals surface area contributed by atoms with Gasteiger partial charge in [-0.15, -0.1) is 0 Å². The molecular formula is C6H8N4O2. The molecule has 1 aromatic rings. The topological polar surface area (TPSA) is 94.1 Å². The van der Waals surface area contributed by atoms with Gasteiger partial charge in [-0.3, -0.25) is 10.1 Å². The summed E-state index contributed by atoms with van der Waals surface area (Å²) in [5.41, 5.74) is 5.58. The zero-order valence-corrected chi connectivity index (χ0v) is 6.44. The van der Waals surface area contributed by atoms with Crippen molar-refractivity contribution in [2.75, 3.05) is 18.1 Å². The molecule has 1 rings (SSSR count). The lowest BCUT2D eigenvalue weighted by molar-refractivity contribution is -0.383. The molecule has 0 spiro atoms. The van der Waals surface area contributed by atoms with Gasteiger partial charge >= 0.3 is 0 Å². The molecule has 6 nitrogen and oxygen atoms in total. The third-order valence-corrected chi connectivity index (χ3v) is 1.41. The van der Waals surface area contributed by atoms with Gasteiger partial charge in [-0.25, -0.2) is 4.98 Å². The maximum Gasteiger partial charge on any atom is 0.297 e. The van der Waals surface area contributed by atoms with E-state index in [1.807, 2.05) is 0 Å². The second kappa shape index (κ2) is 3.04. The van der Waals surface area contributed by atoms with Crippen LogP contribution in [0.2, 0.25) is 0 Å². The summed E-state index contributed by atoms with van der Waals surface area (Å²) in [6, 6.07) is 1.29. The summed E-state index contributed by atoms with van der Waals surface area (Å²) < 4.78 is 0. The van der Waals surface area contributed by atoms with E-state index >= 15 is 0 Å². The van der Waals surface area contributed by atoms with Crippen molar-refractivity contribution in [3.63, 3.8) is 0 Å². The second-order valence-corrected chi connectivity index (χ2v) is 2.10. The number of nitro groups is 1. The first-order chi connectivity index (χ1) is 5.66. The number of rotatable bonds is 2. The fourth-order valence-corrected chi connectivity index (χ4v) is 0.876. The van der Waals surface area contributed by atoms with Crippen LogP contribution in [-0.2, 0) is 0 Å². The van der Waals surface area contributed by atoms with E-state index in [0.717, 1.165) is 0 Å². The SMILES string of the molecule is CNc1c([N+](=O)[O-])ccnc1N. The van der Waals surface area contributed by atoms with Crippen LogP contribution >= 0.6 is 0 Å². The predicted molar refractivity (Wildman–Crippen MR) is 44.9 cm³/mol. The van der Waals surface area contributed by atoms with Crippen LogP contribution < -0.4 is 11.1 Å². The number of nitrogens with one attached hydrogen (secondary N) is 1. The number of anilines is 2. The Morgan fingerprint density at radius 2 is 2.42 bits per heavy atom. The van der Waals surface area contributed by atoms with Crippen molar-refractivity contribution in [1.29, 1.82) is 0 Å². The van der Waals surface area contributed by atoms with E-state index in [-0.39, 0.29) is 17.2 Å². The number of nitrogens with zero attached hydrogens (tertiary/aromatic N) is 2. The van der Waals surface area contributed by atoms with Gasteiger partial charge in [0.1, 0.15) is 0 Å². The summed E-state index contributed by atoms with van der Waals surface area (Å²) in [4.78, 5) is 13.6. The van der Waals surface area contributed by atoms with Crippen LogP contribution in [0.3, 0.4) is 0 Å². The zero-order chi connectivity index (χ0) is 9.14. The van der Waals surface area contributed by atoms with Gasteiger partial charge in [-0.2, -0.15) is 0 Å². The molecule has 0 aromatic carbocycles. The summed E-state index contributed by atoms with van der Waals surface area (Å²) in [6.07, 6.45) is 1.30. The number of aromatic nitrogens is 1. The minimum absolute atomic E-state index is 0.0648. The summed E-state index contributed by atoms with van der Waals surface area (Å²) >= 11 is 0. The summed E-state index contributed by atoms with van der Waals surface area (Å²) in [7, 11) is 1.56. The van der Waals surface area contributed by atoms with Gasteiger partial charge in [-0.05, 0) is 0 Å². The first-order valence-electron chi connectivity index (χ1n) is 3.23. The van der Waals surface area contributed by atoms with Crippen molar-refractivity contribution in [3.8, 4) is 0 Å². The van der Waals surface area contributed by atoms with Crippen LogP contribution in [0.25, 0.3) is 0 Å². The Balaban J connectivity index is 3.27. The first kappa shape index (κ1) is 8.25. The molecule has 0 aliphatic rings. The fraction of sp³-hybridized carbons (Fsp3) is 0.167. The third-order valence-electron chi connectivity index (χ3n) is 1.41. The van der Waals surface area contributed by atoms with Gasteiger partial charge in [0.2, 0.25) is 0 Å². The Labute approximate surface area is 68.6 Å². The highest BCUT2D eigenvalue weighted by atomic mass is 16.6. The van der Waals surface area contributed by atoms with Gasteiger partial charge in [0.25, 0.3) is 5.69 Å². The average molecular weight is 168 g/mol. The highest BCUT2D eigenvalue weighted by Crippen LogP contribution is 2.26. The van der Waals surface area contributed by atoms with E-state index in [4.69, 9.17) is 5.73 Å². The first-order valence-corrected chi connectivity index (χ1v) is 3.23. The Morgan fingerprint density at radius 1 is 1.75 bits per heavy atom. The van der Waals surface area contributed by atoms with E-state index in [9.17, 15) is 10.1 Å². The standard InChI is InChI=1S/C6H8N4O2/c1-8-5-4(10(11)12)2-3-9-6(5)7/h2-3,8H,1H3,(H2,7,9). The lowest BCUT2D eigenvalue weighted by atomic mass is 10.3. The average Bonchev–Trinajstić information content (AvgIpc) is 2.03. The van der Waals surface area contributed by atoms with Crippen molar-refractivity contribution in [1.82, 2.24) is 4.98 Å². The second-order valence-electron chi connectivity index (χ2n) is 2.10. The maximum absolute atomic E-state index is 10.4. The van der Waals surface area contributed by atoms with Crippen molar-refractivity contribution < 1.29 is 4.92 Å². The largest absolute Gasteiger partial charge is 0.382 e. The van der Waals surface area contributed by atoms with Crippen LogP contribution in [0.15, 0.2) is 12.3 Å². The molecule has 0 amide bonds. The van der Waals surface area contributed by atoms with Crippen LogP contribution in [0, 0.1) is 10.1 Å². The van der Waals surface area contributed by atoms with Crippen LogP contribution in [0.5, 0.6) is 0 Å². The third kappa shape index (κ3) is 1.26. The molecule has 3 N–H and O–H groups in total. The van der Waals surface area contributed by atoms with Crippen molar-refractivity contribution in [2.45, 2.75) is 0 Å².